The third kappa shape index (κ3) is 5.53. The fraction of sp³-hybridized carbons (Fsp3) is 0.120. The number of rotatable bonds is 7. The summed E-state index contributed by atoms with van der Waals surface area (Å²) in [5.41, 5.74) is 3.72. The van der Waals surface area contributed by atoms with Crippen molar-refractivity contribution in [2.75, 3.05) is 5.32 Å². The highest BCUT2D eigenvalue weighted by atomic mass is 35.5. The topological polar surface area (TPSA) is 56.1 Å². The Morgan fingerprint density at radius 1 is 1.00 bits per heavy atom. The largest absolute Gasteiger partial charge is 0.487 e. The SMILES string of the molecule is Cc1ccc(Cl)c(OCc2ccc(C(=O)Nc3ccn(Cc4ccccc4)n3)cc2)c1. The number of halogens is 1. The van der Waals surface area contributed by atoms with Gasteiger partial charge in [-0.05, 0) is 47.9 Å². The maximum Gasteiger partial charge on any atom is 0.256 e. The van der Waals surface area contributed by atoms with Crippen molar-refractivity contribution in [3.8, 4) is 5.75 Å². The molecule has 31 heavy (non-hydrogen) atoms. The molecule has 0 spiro atoms. The van der Waals surface area contributed by atoms with E-state index in [1.54, 1.807) is 22.9 Å². The summed E-state index contributed by atoms with van der Waals surface area (Å²) < 4.78 is 7.60. The molecule has 0 aliphatic carbocycles. The van der Waals surface area contributed by atoms with Gasteiger partial charge in [0.25, 0.3) is 5.91 Å². The lowest BCUT2D eigenvalue weighted by atomic mass is 10.1. The maximum atomic E-state index is 12.5. The molecule has 1 heterocycles. The predicted octanol–water partition coefficient (Wildman–Crippen LogP) is 5.72. The third-order valence-corrected chi connectivity index (χ3v) is 5.08. The highest BCUT2D eigenvalue weighted by molar-refractivity contribution is 6.32. The van der Waals surface area contributed by atoms with Crippen LogP contribution in [-0.2, 0) is 13.2 Å². The minimum Gasteiger partial charge on any atom is -0.487 e. The second-order valence-corrected chi connectivity index (χ2v) is 7.66. The zero-order valence-electron chi connectivity index (χ0n) is 17.1. The maximum absolute atomic E-state index is 12.5. The first-order valence-electron chi connectivity index (χ1n) is 9.93. The molecule has 1 aromatic heterocycles. The summed E-state index contributed by atoms with van der Waals surface area (Å²) in [6, 6.07) is 24.8. The number of benzene rings is 3. The quantitative estimate of drug-likeness (QED) is 0.407. The van der Waals surface area contributed by atoms with E-state index in [-0.39, 0.29) is 5.91 Å². The van der Waals surface area contributed by atoms with Crippen LogP contribution in [0.1, 0.15) is 27.0 Å². The molecule has 0 radical (unpaired) electrons. The van der Waals surface area contributed by atoms with Crippen molar-refractivity contribution in [1.29, 1.82) is 0 Å². The summed E-state index contributed by atoms with van der Waals surface area (Å²) in [6.07, 6.45) is 1.85. The Bertz CT molecular complexity index is 1170. The lowest BCUT2D eigenvalue weighted by molar-refractivity contribution is 0.102. The molecule has 0 saturated heterocycles. The smallest absolute Gasteiger partial charge is 0.256 e. The first kappa shape index (κ1) is 20.7. The minimum absolute atomic E-state index is 0.209. The van der Waals surface area contributed by atoms with E-state index >= 15 is 0 Å². The van der Waals surface area contributed by atoms with Crippen LogP contribution in [0, 0.1) is 6.92 Å². The Labute approximate surface area is 186 Å². The Hall–Kier alpha value is -3.57. The van der Waals surface area contributed by atoms with Gasteiger partial charge in [0.15, 0.2) is 5.82 Å². The molecular weight excluding hydrogens is 410 g/mol. The molecule has 3 aromatic carbocycles. The number of aromatic nitrogens is 2. The summed E-state index contributed by atoms with van der Waals surface area (Å²) in [5.74, 6) is 0.955. The van der Waals surface area contributed by atoms with E-state index in [4.69, 9.17) is 16.3 Å². The van der Waals surface area contributed by atoms with E-state index in [2.05, 4.69) is 10.4 Å². The highest BCUT2D eigenvalue weighted by Crippen LogP contribution is 2.26. The number of carbonyl (C=O) groups is 1. The predicted molar refractivity (Wildman–Crippen MR) is 123 cm³/mol. The monoisotopic (exact) mass is 431 g/mol. The number of carbonyl (C=O) groups excluding carboxylic acids is 1. The molecule has 0 unspecified atom stereocenters. The van der Waals surface area contributed by atoms with Crippen LogP contribution in [0.5, 0.6) is 5.75 Å². The van der Waals surface area contributed by atoms with Gasteiger partial charge in [-0.25, -0.2) is 0 Å². The van der Waals surface area contributed by atoms with Gasteiger partial charge in [0.2, 0.25) is 0 Å². The van der Waals surface area contributed by atoms with Crippen molar-refractivity contribution in [2.45, 2.75) is 20.1 Å². The van der Waals surface area contributed by atoms with Crippen molar-refractivity contribution in [3.63, 3.8) is 0 Å². The number of amides is 1. The molecule has 0 atom stereocenters. The Balaban J connectivity index is 1.33. The molecule has 156 valence electrons. The first-order chi connectivity index (χ1) is 15.1. The third-order valence-electron chi connectivity index (χ3n) is 4.77. The van der Waals surface area contributed by atoms with Crippen molar-refractivity contribution in [1.82, 2.24) is 9.78 Å². The summed E-state index contributed by atoms with van der Waals surface area (Å²) in [5, 5.41) is 7.83. The summed E-state index contributed by atoms with van der Waals surface area (Å²) in [6.45, 7) is 3.01. The molecule has 0 fully saturated rings. The lowest BCUT2D eigenvalue weighted by Crippen LogP contribution is -2.13. The molecule has 0 aliphatic rings. The zero-order chi connectivity index (χ0) is 21.6. The van der Waals surface area contributed by atoms with Gasteiger partial charge >= 0.3 is 0 Å². The van der Waals surface area contributed by atoms with Crippen molar-refractivity contribution in [2.24, 2.45) is 0 Å². The Morgan fingerprint density at radius 2 is 1.77 bits per heavy atom. The number of ether oxygens (including phenoxy) is 1. The minimum atomic E-state index is -0.209. The molecule has 1 amide bonds. The average molecular weight is 432 g/mol. The highest BCUT2D eigenvalue weighted by Gasteiger charge is 2.09. The van der Waals surface area contributed by atoms with Crippen LogP contribution < -0.4 is 10.1 Å². The molecule has 1 N–H and O–H groups in total. The number of aryl methyl sites for hydroxylation is 1. The second-order valence-electron chi connectivity index (χ2n) is 7.26. The van der Waals surface area contributed by atoms with Gasteiger partial charge in [-0.2, -0.15) is 5.10 Å². The number of nitrogens with zero attached hydrogens (tertiary/aromatic N) is 2. The molecule has 4 aromatic rings. The average Bonchev–Trinajstić information content (AvgIpc) is 3.22. The van der Waals surface area contributed by atoms with E-state index in [1.807, 2.05) is 73.8 Å². The normalized spacial score (nSPS) is 10.6. The van der Waals surface area contributed by atoms with Crippen molar-refractivity contribution >= 4 is 23.3 Å². The van der Waals surface area contributed by atoms with Crippen LogP contribution in [0.2, 0.25) is 5.02 Å². The summed E-state index contributed by atoms with van der Waals surface area (Å²) >= 11 is 6.17. The van der Waals surface area contributed by atoms with E-state index < -0.39 is 0 Å². The van der Waals surface area contributed by atoms with Gasteiger partial charge in [-0.15, -0.1) is 0 Å². The number of hydrogen-bond acceptors (Lipinski definition) is 3. The van der Waals surface area contributed by atoms with Gasteiger partial charge in [-0.1, -0.05) is 60.1 Å². The number of nitrogens with one attached hydrogen (secondary N) is 1. The van der Waals surface area contributed by atoms with Crippen LogP contribution in [0.3, 0.4) is 0 Å². The number of hydrogen-bond donors (Lipinski definition) is 1. The number of anilines is 1. The molecular formula is C25H22ClN3O2. The fourth-order valence-corrected chi connectivity index (χ4v) is 3.28. The van der Waals surface area contributed by atoms with Crippen LogP contribution in [0.15, 0.2) is 85.1 Å². The summed E-state index contributed by atoms with van der Waals surface area (Å²) in [4.78, 5) is 12.5. The van der Waals surface area contributed by atoms with Crippen molar-refractivity contribution in [3.05, 3.63) is 112 Å². The molecule has 0 saturated carbocycles. The van der Waals surface area contributed by atoms with E-state index in [0.29, 0.717) is 35.3 Å². The van der Waals surface area contributed by atoms with Crippen LogP contribution in [0.4, 0.5) is 5.82 Å². The Kier molecular flexibility index (Phi) is 6.34. The van der Waals surface area contributed by atoms with Crippen LogP contribution in [-0.4, -0.2) is 15.7 Å². The molecule has 5 nitrogen and oxygen atoms in total. The summed E-state index contributed by atoms with van der Waals surface area (Å²) in [7, 11) is 0. The van der Waals surface area contributed by atoms with Gasteiger partial charge in [0.1, 0.15) is 12.4 Å². The molecule has 4 rings (SSSR count). The molecule has 0 bridgehead atoms. The molecule has 0 aliphatic heterocycles. The standard InChI is InChI=1S/C25H22ClN3O2/c1-18-7-12-22(26)23(15-18)31-17-20-8-10-21(11-9-20)25(30)27-24-13-14-29(28-24)16-19-5-3-2-4-6-19/h2-15H,16-17H2,1H3,(H,27,28,30). The van der Waals surface area contributed by atoms with Crippen LogP contribution >= 0.6 is 11.6 Å². The Morgan fingerprint density at radius 3 is 2.55 bits per heavy atom. The van der Waals surface area contributed by atoms with E-state index in [1.165, 1.54) is 0 Å². The van der Waals surface area contributed by atoms with E-state index in [9.17, 15) is 4.79 Å². The zero-order valence-corrected chi connectivity index (χ0v) is 17.8. The van der Waals surface area contributed by atoms with Gasteiger partial charge in [0, 0.05) is 17.8 Å². The van der Waals surface area contributed by atoms with E-state index in [0.717, 1.165) is 16.7 Å². The second kappa shape index (κ2) is 9.49. The first-order valence-corrected chi connectivity index (χ1v) is 10.3. The van der Waals surface area contributed by atoms with Gasteiger partial charge in [-0.3, -0.25) is 9.48 Å². The van der Waals surface area contributed by atoms with Crippen molar-refractivity contribution < 1.29 is 9.53 Å². The molecule has 6 heteroatoms. The van der Waals surface area contributed by atoms with Crippen LogP contribution in [0.25, 0.3) is 0 Å². The lowest BCUT2D eigenvalue weighted by Gasteiger charge is -2.09. The fourth-order valence-electron chi connectivity index (χ4n) is 3.11. The van der Waals surface area contributed by atoms with Gasteiger partial charge in [0.05, 0.1) is 11.6 Å². The van der Waals surface area contributed by atoms with Gasteiger partial charge < -0.3 is 10.1 Å².